The van der Waals surface area contributed by atoms with Crippen LogP contribution >= 0.6 is 11.3 Å². The molecule has 4 rings (SSSR count). The van der Waals surface area contributed by atoms with E-state index in [0.29, 0.717) is 0 Å². The Balaban J connectivity index is 1.94. The summed E-state index contributed by atoms with van der Waals surface area (Å²) < 4.78 is 7.22. The zero-order valence-corrected chi connectivity index (χ0v) is 12.2. The standard InChI is InChI=1S/C16H16N2OS/c1-17-15-14(10-6-2-4-8-12(10)19-15)16-18-11-7-3-5-9-13(11)20-16/h3,5,7,9,17H,2,4,6,8H2,1H3. The van der Waals surface area contributed by atoms with Crippen LogP contribution in [-0.4, -0.2) is 12.0 Å². The predicted molar refractivity (Wildman–Crippen MR) is 83.5 cm³/mol. The van der Waals surface area contributed by atoms with Gasteiger partial charge in [0.1, 0.15) is 10.8 Å². The number of benzene rings is 1. The molecule has 0 saturated heterocycles. The Morgan fingerprint density at radius 3 is 2.90 bits per heavy atom. The number of nitrogens with zero attached hydrogens (tertiary/aromatic N) is 1. The number of aromatic nitrogens is 1. The molecule has 0 bridgehead atoms. The van der Waals surface area contributed by atoms with Gasteiger partial charge < -0.3 is 9.73 Å². The highest BCUT2D eigenvalue weighted by Gasteiger charge is 2.25. The summed E-state index contributed by atoms with van der Waals surface area (Å²) in [5.41, 5.74) is 3.61. The van der Waals surface area contributed by atoms with Crippen molar-refractivity contribution in [1.82, 2.24) is 4.98 Å². The molecule has 1 aliphatic carbocycles. The van der Waals surface area contributed by atoms with E-state index in [1.54, 1.807) is 11.3 Å². The molecule has 0 aliphatic heterocycles. The summed E-state index contributed by atoms with van der Waals surface area (Å²) in [5.74, 6) is 2.02. The maximum atomic E-state index is 5.99. The van der Waals surface area contributed by atoms with Gasteiger partial charge in [0.05, 0.1) is 15.8 Å². The zero-order chi connectivity index (χ0) is 13.5. The molecule has 0 fully saturated rings. The van der Waals surface area contributed by atoms with E-state index in [-0.39, 0.29) is 0 Å². The Hall–Kier alpha value is -1.81. The second-order valence-corrected chi connectivity index (χ2v) is 6.18. The van der Waals surface area contributed by atoms with Crippen molar-refractivity contribution in [2.24, 2.45) is 0 Å². The lowest BCUT2D eigenvalue weighted by atomic mass is 9.95. The molecule has 102 valence electrons. The number of rotatable bonds is 2. The fraction of sp³-hybridized carbons (Fsp3) is 0.312. The van der Waals surface area contributed by atoms with Crippen LogP contribution in [0.4, 0.5) is 5.88 Å². The smallest absolute Gasteiger partial charge is 0.203 e. The quantitative estimate of drug-likeness (QED) is 0.754. The molecular weight excluding hydrogens is 268 g/mol. The molecule has 0 atom stereocenters. The summed E-state index contributed by atoms with van der Waals surface area (Å²) in [4.78, 5) is 4.79. The van der Waals surface area contributed by atoms with Gasteiger partial charge >= 0.3 is 0 Å². The monoisotopic (exact) mass is 284 g/mol. The number of anilines is 1. The van der Waals surface area contributed by atoms with Crippen LogP contribution in [0.2, 0.25) is 0 Å². The van der Waals surface area contributed by atoms with Crippen LogP contribution in [-0.2, 0) is 12.8 Å². The average molecular weight is 284 g/mol. The van der Waals surface area contributed by atoms with Gasteiger partial charge in [0.15, 0.2) is 0 Å². The topological polar surface area (TPSA) is 38.1 Å². The van der Waals surface area contributed by atoms with E-state index in [1.807, 2.05) is 13.1 Å². The molecule has 0 amide bonds. The minimum absolute atomic E-state index is 0.871. The van der Waals surface area contributed by atoms with Gasteiger partial charge in [-0.25, -0.2) is 4.98 Å². The second-order valence-electron chi connectivity index (χ2n) is 5.15. The van der Waals surface area contributed by atoms with Crippen molar-refractivity contribution in [2.75, 3.05) is 12.4 Å². The van der Waals surface area contributed by atoms with Crippen molar-refractivity contribution >= 4 is 27.4 Å². The largest absolute Gasteiger partial charge is 0.445 e. The van der Waals surface area contributed by atoms with E-state index >= 15 is 0 Å². The molecule has 1 aromatic carbocycles. The summed E-state index contributed by atoms with van der Waals surface area (Å²) in [7, 11) is 1.92. The Morgan fingerprint density at radius 1 is 1.20 bits per heavy atom. The van der Waals surface area contributed by atoms with E-state index < -0.39 is 0 Å². The van der Waals surface area contributed by atoms with Crippen LogP contribution in [0.25, 0.3) is 20.8 Å². The minimum atomic E-state index is 0.871. The summed E-state index contributed by atoms with van der Waals surface area (Å²) in [6, 6.07) is 8.30. The molecule has 1 N–H and O–H groups in total. The minimum Gasteiger partial charge on any atom is -0.445 e. The number of nitrogens with one attached hydrogen (secondary N) is 1. The number of hydrogen-bond acceptors (Lipinski definition) is 4. The van der Waals surface area contributed by atoms with Crippen LogP contribution in [0.3, 0.4) is 0 Å². The molecule has 2 aromatic heterocycles. The van der Waals surface area contributed by atoms with Crippen molar-refractivity contribution in [1.29, 1.82) is 0 Å². The fourth-order valence-corrected chi connectivity index (χ4v) is 3.98. The van der Waals surface area contributed by atoms with E-state index in [4.69, 9.17) is 9.40 Å². The highest BCUT2D eigenvalue weighted by atomic mass is 32.1. The summed E-state index contributed by atoms with van der Waals surface area (Å²) in [6.45, 7) is 0. The molecule has 20 heavy (non-hydrogen) atoms. The molecule has 3 nitrogen and oxygen atoms in total. The van der Waals surface area contributed by atoms with Crippen LogP contribution in [0, 0.1) is 0 Å². The molecule has 2 heterocycles. The van der Waals surface area contributed by atoms with Gasteiger partial charge in [0.2, 0.25) is 5.88 Å². The first-order valence-corrected chi connectivity index (χ1v) is 7.86. The highest BCUT2D eigenvalue weighted by molar-refractivity contribution is 7.21. The van der Waals surface area contributed by atoms with Gasteiger partial charge in [0, 0.05) is 19.0 Å². The highest BCUT2D eigenvalue weighted by Crippen LogP contribution is 2.42. The maximum absolute atomic E-state index is 5.99. The predicted octanol–water partition coefficient (Wildman–Crippen LogP) is 4.48. The second kappa shape index (κ2) is 4.63. The van der Waals surface area contributed by atoms with Gasteiger partial charge in [-0.1, -0.05) is 12.1 Å². The lowest BCUT2D eigenvalue weighted by molar-refractivity contribution is 0.489. The zero-order valence-electron chi connectivity index (χ0n) is 11.4. The van der Waals surface area contributed by atoms with Gasteiger partial charge in [-0.15, -0.1) is 11.3 Å². The van der Waals surface area contributed by atoms with Crippen molar-refractivity contribution in [3.8, 4) is 10.6 Å². The molecule has 3 aromatic rings. The van der Waals surface area contributed by atoms with Crippen LogP contribution in [0.5, 0.6) is 0 Å². The third-order valence-electron chi connectivity index (χ3n) is 3.91. The molecule has 1 aliphatic rings. The fourth-order valence-electron chi connectivity index (χ4n) is 2.95. The molecule has 0 unspecified atom stereocenters. The van der Waals surface area contributed by atoms with Crippen molar-refractivity contribution in [2.45, 2.75) is 25.7 Å². The summed E-state index contributed by atoms with van der Waals surface area (Å²) >= 11 is 1.75. The lowest BCUT2D eigenvalue weighted by Gasteiger charge is -2.09. The van der Waals surface area contributed by atoms with Crippen LogP contribution < -0.4 is 5.32 Å². The first-order chi connectivity index (χ1) is 9.86. The molecule has 4 heteroatoms. The van der Waals surface area contributed by atoms with Gasteiger partial charge in [0.25, 0.3) is 0 Å². The number of para-hydroxylation sites is 1. The van der Waals surface area contributed by atoms with Crippen molar-refractivity contribution < 1.29 is 4.42 Å². The Morgan fingerprint density at radius 2 is 2.05 bits per heavy atom. The Labute approximate surface area is 121 Å². The number of aryl methyl sites for hydroxylation is 1. The van der Waals surface area contributed by atoms with Gasteiger partial charge in [-0.3, -0.25) is 0 Å². The third kappa shape index (κ3) is 1.75. The molecular formula is C16H16N2OS. The van der Waals surface area contributed by atoms with Crippen LogP contribution in [0.1, 0.15) is 24.2 Å². The Kier molecular flexibility index (Phi) is 2.77. The SMILES string of the molecule is CNc1oc2c(c1-c1nc3ccccc3s1)CCCC2. The maximum Gasteiger partial charge on any atom is 0.203 e. The van der Waals surface area contributed by atoms with Gasteiger partial charge in [-0.2, -0.15) is 0 Å². The van der Waals surface area contributed by atoms with Crippen molar-refractivity contribution in [3.05, 3.63) is 35.6 Å². The molecule has 0 radical (unpaired) electrons. The lowest BCUT2D eigenvalue weighted by Crippen LogP contribution is -2.00. The van der Waals surface area contributed by atoms with Crippen LogP contribution in [0.15, 0.2) is 28.7 Å². The first-order valence-electron chi connectivity index (χ1n) is 7.05. The van der Waals surface area contributed by atoms with E-state index in [2.05, 4.69) is 23.5 Å². The average Bonchev–Trinajstić information content (AvgIpc) is 3.07. The van der Waals surface area contributed by atoms with E-state index in [0.717, 1.165) is 35.0 Å². The van der Waals surface area contributed by atoms with E-state index in [1.165, 1.54) is 28.7 Å². The third-order valence-corrected chi connectivity index (χ3v) is 4.96. The first kappa shape index (κ1) is 12.0. The number of thiazole rings is 1. The number of furan rings is 1. The van der Waals surface area contributed by atoms with Crippen molar-refractivity contribution in [3.63, 3.8) is 0 Å². The Bertz CT molecular complexity index is 739. The number of hydrogen-bond donors (Lipinski definition) is 1. The van der Waals surface area contributed by atoms with Gasteiger partial charge in [-0.05, 0) is 31.4 Å². The summed E-state index contributed by atoms with van der Waals surface area (Å²) in [6.07, 6.45) is 4.62. The molecule has 0 saturated carbocycles. The summed E-state index contributed by atoms with van der Waals surface area (Å²) in [5, 5.41) is 4.27. The molecule has 0 spiro atoms. The van der Waals surface area contributed by atoms with E-state index in [9.17, 15) is 0 Å². The number of fused-ring (bicyclic) bond motifs is 2. The normalized spacial score (nSPS) is 14.4.